The summed E-state index contributed by atoms with van der Waals surface area (Å²) in [5.41, 5.74) is 2.43. The Morgan fingerprint density at radius 2 is 2.00 bits per heavy atom. The molecule has 1 aromatic rings. The van der Waals surface area contributed by atoms with Gasteiger partial charge in [-0.15, -0.1) is 0 Å². The molecule has 0 atom stereocenters. The van der Waals surface area contributed by atoms with Gasteiger partial charge in [0.25, 0.3) is 0 Å². The fraction of sp³-hybridized carbons (Fsp3) is 0.462. The van der Waals surface area contributed by atoms with Gasteiger partial charge in [-0.25, -0.2) is 0 Å². The first-order chi connectivity index (χ1) is 7.65. The van der Waals surface area contributed by atoms with Gasteiger partial charge < -0.3 is 15.3 Å². The lowest BCUT2D eigenvalue weighted by molar-refractivity contribution is 0.200. The molecule has 0 heterocycles. The average Bonchev–Trinajstić information content (AvgIpc) is 2.30. The largest absolute Gasteiger partial charge is 0.491 e. The molecular weight excluding hydrogens is 202 g/mol. The van der Waals surface area contributed by atoms with E-state index in [0.29, 0.717) is 12.3 Å². The number of hydrogen-bond acceptors (Lipinski definition) is 3. The third-order valence-electron chi connectivity index (χ3n) is 1.96. The van der Waals surface area contributed by atoms with Crippen molar-refractivity contribution in [2.45, 2.75) is 27.7 Å². The van der Waals surface area contributed by atoms with E-state index in [-0.39, 0.29) is 6.61 Å². The first-order valence-electron chi connectivity index (χ1n) is 5.55. The minimum atomic E-state index is 0.0186. The second-order valence-electron chi connectivity index (χ2n) is 3.18. The number of rotatable bonds is 4. The molecular formula is C13H21NO2. The van der Waals surface area contributed by atoms with Crippen LogP contribution in [0.2, 0.25) is 0 Å². The van der Waals surface area contributed by atoms with E-state index in [1.807, 2.05) is 39.0 Å². The molecule has 0 bridgehead atoms. The van der Waals surface area contributed by atoms with E-state index in [1.54, 1.807) is 6.92 Å². The van der Waals surface area contributed by atoms with Crippen molar-refractivity contribution in [2.24, 2.45) is 0 Å². The molecule has 0 unspecified atom stereocenters. The van der Waals surface area contributed by atoms with Crippen molar-refractivity contribution in [2.75, 3.05) is 13.2 Å². The van der Waals surface area contributed by atoms with Crippen LogP contribution in [0.5, 0.6) is 5.75 Å². The van der Waals surface area contributed by atoms with Crippen molar-refractivity contribution < 1.29 is 9.84 Å². The molecule has 1 rings (SSSR count). The second kappa shape index (κ2) is 7.88. The lowest BCUT2D eigenvalue weighted by Crippen LogP contribution is -2.03. The maximum absolute atomic E-state index is 8.60. The summed E-state index contributed by atoms with van der Waals surface area (Å²) in [5.74, 6) is 0.768. The summed E-state index contributed by atoms with van der Waals surface area (Å²) in [4.78, 5) is 0. The number of benzene rings is 1. The van der Waals surface area contributed by atoms with Crippen LogP contribution in [0, 0.1) is 12.3 Å². The van der Waals surface area contributed by atoms with Crippen molar-refractivity contribution in [1.29, 1.82) is 5.41 Å². The zero-order chi connectivity index (χ0) is 12.6. The molecule has 0 spiro atoms. The molecule has 90 valence electrons. The quantitative estimate of drug-likeness (QED) is 0.771. The highest BCUT2D eigenvalue weighted by molar-refractivity contribution is 5.96. The summed E-state index contributed by atoms with van der Waals surface area (Å²) in [6, 6.07) is 5.59. The Bertz CT molecular complexity index is 335. The molecule has 0 aliphatic carbocycles. The first-order valence-corrected chi connectivity index (χ1v) is 5.55. The second-order valence-corrected chi connectivity index (χ2v) is 3.18. The summed E-state index contributed by atoms with van der Waals surface area (Å²) < 4.78 is 5.30. The van der Waals surface area contributed by atoms with Crippen LogP contribution in [-0.4, -0.2) is 24.0 Å². The van der Waals surface area contributed by atoms with Crippen LogP contribution in [0.3, 0.4) is 0 Å². The lowest BCUT2D eigenvalue weighted by Gasteiger charge is -2.08. The van der Waals surface area contributed by atoms with Gasteiger partial charge in [0.1, 0.15) is 12.4 Å². The maximum Gasteiger partial charge on any atom is 0.122 e. The maximum atomic E-state index is 8.60. The van der Waals surface area contributed by atoms with Gasteiger partial charge in [-0.1, -0.05) is 13.8 Å². The van der Waals surface area contributed by atoms with Crippen LogP contribution in [0.1, 0.15) is 31.9 Å². The molecule has 0 amide bonds. The predicted molar refractivity (Wildman–Crippen MR) is 67.6 cm³/mol. The SMILES string of the molecule is CC.CC(=N)c1ccc(OCCO)c(C)c1. The highest BCUT2D eigenvalue weighted by Crippen LogP contribution is 2.19. The monoisotopic (exact) mass is 223 g/mol. The van der Waals surface area contributed by atoms with Crippen LogP contribution >= 0.6 is 0 Å². The van der Waals surface area contributed by atoms with Gasteiger partial charge in [-0.05, 0) is 43.2 Å². The van der Waals surface area contributed by atoms with Gasteiger partial charge in [-0.3, -0.25) is 0 Å². The molecule has 0 radical (unpaired) electrons. The van der Waals surface area contributed by atoms with Crippen LogP contribution in [0.4, 0.5) is 0 Å². The number of aryl methyl sites for hydroxylation is 1. The fourth-order valence-electron chi connectivity index (χ4n) is 1.20. The van der Waals surface area contributed by atoms with E-state index >= 15 is 0 Å². The Hall–Kier alpha value is -1.35. The average molecular weight is 223 g/mol. The highest BCUT2D eigenvalue weighted by Gasteiger charge is 2.01. The van der Waals surface area contributed by atoms with Crippen LogP contribution in [-0.2, 0) is 0 Å². The molecule has 2 N–H and O–H groups in total. The summed E-state index contributed by atoms with van der Waals surface area (Å²) in [5, 5.41) is 16.1. The standard InChI is InChI=1S/C11H15NO2.C2H6/c1-8-7-10(9(2)12)3-4-11(8)14-6-5-13;1-2/h3-4,7,12-13H,5-6H2,1-2H3;1-2H3. The number of nitrogens with one attached hydrogen (secondary N) is 1. The fourth-order valence-corrected chi connectivity index (χ4v) is 1.20. The number of aliphatic hydroxyl groups excluding tert-OH is 1. The van der Waals surface area contributed by atoms with Gasteiger partial charge in [0.05, 0.1) is 6.61 Å². The molecule has 0 saturated heterocycles. The number of hydrogen-bond donors (Lipinski definition) is 2. The van der Waals surface area contributed by atoms with E-state index in [2.05, 4.69) is 0 Å². The van der Waals surface area contributed by atoms with Gasteiger partial charge in [0.2, 0.25) is 0 Å². The van der Waals surface area contributed by atoms with Crippen molar-refractivity contribution in [3.63, 3.8) is 0 Å². The zero-order valence-corrected chi connectivity index (χ0v) is 10.5. The highest BCUT2D eigenvalue weighted by atomic mass is 16.5. The minimum Gasteiger partial charge on any atom is -0.491 e. The minimum absolute atomic E-state index is 0.0186. The Labute approximate surface area is 97.6 Å². The summed E-state index contributed by atoms with van der Waals surface area (Å²) in [6.45, 7) is 8.01. The topological polar surface area (TPSA) is 53.3 Å². The van der Waals surface area contributed by atoms with Crippen LogP contribution in [0.25, 0.3) is 0 Å². The molecule has 0 aliphatic rings. The van der Waals surface area contributed by atoms with E-state index in [9.17, 15) is 0 Å². The van der Waals surface area contributed by atoms with E-state index in [1.165, 1.54) is 0 Å². The van der Waals surface area contributed by atoms with Crippen LogP contribution < -0.4 is 4.74 Å². The van der Waals surface area contributed by atoms with Crippen LogP contribution in [0.15, 0.2) is 18.2 Å². The summed E-state index contributed by atoms with van der Waals surface area (Å²) in [7, 11) is 0. The number of ether oxygens (including phenoxy) is 1. The molecule has 3 nitrogen and oxygen atoms in total. The van der Waals surface area contributed by atoms with E-state index in [0.717, 1.165) is 16.9 Å². The molecule has 0 aliphatic heterocycles. The van der Waals surface area contributed by atoms with Gasteiger partial charge >= 0.3 is 0 Å². The van der Waals surface area contributed by atoms with Gasteiger partial charge in [0, 0.05) is 5.71 Å². The Morgan fingerprint density at radius 3 is 2.44 bits per heavy atom. The molecule has 1 aromatic carbocycles. The lowest BCUT2D eigenvalue weighted by atomic mass is 10.1. The molecule has 0 aromatic heterocycles. The molecule has 16 heavy (non-hydrogen) atoms. The molecule has 0 saturated carbocycles. The third-order valence-corrected chi connectivity index (χ3v) is 1.96. The van der Waals surface area contributed by atoms with E-state index < -0.39 is 0 Å². The van der Waals surface area contributed by atoms with Gasteiger partial charge in [0.15, 0.2) is 0 Å². The number of aliphatic hydroxyl groups is 1. The molecule has 0 fully saturated rings. The first kappa shape index (κ1) is 14.6. The van der Waals surface area contributed by atoms with Crippen molar-refractivity contribution >= 4 is 5.71 Å². The van der Waals surface area contributed by atoms with Crippen molar-refractivity contribution in [3.05, 3.63) is 29.3 Å². The predicted octanol–water partition coefficient (Wildman–Crippen LogP) is 2.78. The summed E-state index contributed by atoms with van der Waals surface area (Å²) in [6.07, 6.45) is 0. The molecule has 3 heteroatoms. The van der Waals surface area contributed by atoms with Crippen molar-refractivity contribution in [3.8, 4) is 5.75 Å². The normalized spacial score (nSPS) is 9.06. The van der Waals surface area contributed by atoms with Crippen molar-refractivity contribution in [1.82, 2.24) is 0 Å². The zero-order valence-electron chi connectivity index (χ0n) is 10.5. The summed E-state index contributed by atoms with van der Waals surface area (Å²) >= 11 is 0. The smallest absolute Gasteiger partial charge is 0.122 e. The Balaban J connectivity index is 0.00000106. The third kappa shape index (κ3) is 4.45. The Morgan fingerprint density at radius 1 is 1.38 bits per heavy atom. The van der Waals surface area contributed by atoms with E-state index in [4.69, 9.17) is 15.3 Å². The van der Waals surface area contributed by atoms with Gasteiger partial charge in [-0.2, -0.15) is 0 Å². The Kier molecular flexibility index (Phi) is 7.21.